The highest BCUT2D eigenvalue weighted by atomic mass is 35.5. The van der Waals surface area contributed by atoms with Crippen LogP contribution in [0.5, 0.6) is 17.2 Å². The third-order valence-corrected chi connectivity index (χ3v) is 6.64. The largest absolute Gasteiger partial charge is 0.496 e. The van der Waals surface area contributed by atoms with E-state index in [1.807, 2.05) is 24.3 Å². The first kappa shape index (κ1) is 22.9. The van der Waals surface area contributed by atoms with Crippen molar-refractivity contribution < 1.29 is 23.8 Å². The Kier molecular flexibility index (Phi) is 5.47. The topological polar surface area (TPSA) is 117 Å². The Bertz CT molecular complexity index is 1400. The second-order valence-corrected chi connectivity index (χ2v) is 8.76. The first-order valence-corrected chi connectivity index (χ1v) is 11.2. The lowest BCUT2D eigenvalue weighted by atomic mass is 9.74. The van der Waals surface area contributed by atoms with Crippen LogP contribution < -0.4 is 19.5 Å². The second-order valence-electron chi connectivity index (χ2n) is 8.38. The van der Waals surface area contributed by atoms with Gasteiger partial charge in [0.15, 0.2) is 5.75 Å². The van der Waals surface area contributed by atoms with Gasteiger partial charge in [0.25, 0.3) is 0 Å². The monoisotopic (exact) mass is 495 g/mol. The summed E-state index contributed by atoms with van der Waals surface area (Å²) < 4.78 is 16.8. The van der Waals surface area contributed by atoms with Crippen molar-refractivity contribution in [3.63, 3.8) is 0 Å². The van der Waals surface area contributed by atoms with Crippen molar-refractivity contribution in [1.82, 2.24) is 20.2 Å². The lowest BCUT2D eigenvalue weighted by Crippen LogP contribution is -2.55. The predicted molar refractivity (Wildman–Crippen MR) is 127 cm³/mol. The molecule has 1 aliphatic carbocycles. The van der Waals surface area contributed by atoms with Crippen LogP contribution in [0.2, 0.25) is 5.02 Å². The highest BCUT2D eigenvalue weighted by molar-refractivity contribution is 6.36. The van der Waals surface area contributed by atoms with Crippen LogP contribution in [0, 0.1) is 5.92 Å². The number of benzene rings is 2. The number of hydrogen-bond donors (Lipinski definition) is 1. The summed E-state index contributed by atoms with van der Waals surface area (Å²) in [6.07, 6.45) is 1.77. The molecule has 2 atom stereocenters. The third kappa shape index (κ3) is 3.44. The molecule has 0 unspecified atom stereocenters. The van der Waals surface area contributed by atoms with Gasteiger partial charge >= 0.3 is 0 Å². The van der Waals surface area contributed by atoms with Crippen LogP contribution in [0.25, 0.3) is 11.4 Å². The number of anilines is 1. The van der Waals surface area contributed by atoms with E-state index in [1.165, 1.54) is 31.2 Å². The van der Waals surface area contributed by atoms with E-state index < -0.39 is 23.1 Å². The fourth-order valence-electron chi connectivity index (χ4n) is 4.57. The molecule has 1 aliphatic heterocycles. The van der Waals surface area contributed by atoms with Crippen molar-refractivity contribution in [1.29, 1.82) is 0 Å². The summed E-state index contributed by atoms with van der Waals surface area (Å²) >= 11 is 6.44. The van der Waals surface area contributed by atoms with Gasteiger partial charge in [-0.05, 0) is 23.8 Å². The first-order valence-electron chi connectivity index (χ1n) is 10.8. The van der Waals surface area contributed by atoms with Gasteiger partial charge < -0.3 is 19.5 Å². The van der Waals surface area contributed by atoms with E-state index in [1.54, 1.807) is 14.0 Å². The highest BCUT2D eigenvalue weighted by Crippen LogP contribution is 2.53. The van der Waals surface area contributed by atoms with E-state index in [0.717, 1.165) is 5.56 Å². The van der Waals surface area contributed by atoms with Gasteiger partial charge in [-0.2, -0.15) is 4.80 Å². The van der Waals surface area contributed by atoms with Crippen molar-refractivity contribution in [2.24, 2.45) is 13.0 Å². The molecule has 2 aromatic carbocycles. The lowest BCUT2D eigenvalue weighted by molar-refractivity contribution is -0.129. The number of rotatable bonds is 5. The van der Waals surface area contributed by atoms with Gasteiger partial charge in [-0.1, -0.05) is 30.7 Å². The normalized spacial score (nSPS) is 20.9. The Balaban J connectivity index is 1.50. The van der Waals surface area contributed by atoms with Crippen LogP contribution in [0.4, 0.5) is 5.69 Å². The van der Waals surface area contributed by atoms with Crippen LogP contribution in [-0.2, 0) is 11.8 Å². The summed E-state index contributed by atoms with van der Waals surface area (Å²) in [6.45, 7) is 1.80. The number of para-hydroxylation sites is 1. The molecule has 0 amide bonds. The zero-order chi connectivity index (χ0) is 24.9. The van der Waals surface area contributed by atoms with Crippen LogP contribution in [0.1, 0.15) is 23.7 Å². The van der Waals surface area contributed by atoms with Crippen molar-refractivity contribution in [2.75, 3.05) is 19.5 Å². The number of carbonyl (C=O) groups is 2. The number of hydrogen-bond acceptors (Lipinski definition) is 9. The first-order chi connectivity index (χ1) is 16.8. The Morgan fingerprint density at radius 1 is 1.20 bits per heavy atom. The molecule has 2 aliphatic rings. The number of ketones is 2. The number of nitrogens with zero attached hydrogens (tertiary/aromatic N) is 4. The molecule has 35 heavy (non-hydrogen) atoms. The number of carbonyl (C=O) groups excluding carboxylic acids is 2. The molecule has 0 saturated heterocycles. The summed E-state index contributed by atoms with van der Waals surface area (Å²) in [6, 6.07) is 8.95. The maximum Gasteiger partial charge on any atom is 0.236 e. The molecule has 1 spiro atoms. The number of aromatic nitrogens is 4. The summed E-state index contributed by atoms with van der Waals surface area (Å²) in [5, 5.41) is 15.6. The molecule has 0 saturated carbocycles. The molecule has 1 aromatic heterocycles. The Hall–Kier alpha value is -3.92. The molecule has 3 aromatic rings. The molecule has 1 N–H and O–H groups in total. The average Bonchev–Trinajstić information content (AvgIpc) is 3.41. The smallest absolute Gasteiger partial charge is 0.236 e. The SMILES string of the molecule is COc1cc(OC)c2c(c1Cl)O[C@@]1(C(=O)C=C(Nc3ccccc3-c3nnn(C)n3)C[C@H]1C)C2=O. The number of fused-ring (bicyclic) bond motifs is 1. The van der Waals surface area contributed by atoms with Crippen LogP contribution in [-0.4, -0.2) is 51.6 Å². The van der Waals surface area contributed by atoms with Gasteiger partial charge in [0, 0.05) is 35.0 Å². The van der Waals surface area contributed by atoms with Gasteiger partial charge in [-0.15, -0.1) is 10.2 Å². The number of ether oxygens (including phenoxy) is 3. The molecule has 5 rings (SSSR count). The van der Waals surface area contributed by atoms with Crippen molar-refractivity contribution in [3.05, 3.63) is 52.7 Å². The minimum absolute atomic E-state index is 0.0944. The standard InChI is InChI=1S/C24H22ClN5O5/c1-12-9-13(26-15-8-6-5-7-14(15)23-27-29-30(2)28-23)10-18(31)24(12)22(32)19-16(33-3)11-17(34-4)20(25)21(19)35-24/h5-8,10-12,26H,9H2,1-4H3/t12-,24+/m1/s1. The summed E-state index contributed by atoms with van der Waals surface area (Å²) in [7, 11) is 4.56. The quantitative estimate of drug-likeness (QED) is 0.531. The van der Waals surface area contributed by atoms with Crippen LogP contribution in [0.3, 0.4) is 0 Å². The second kappa shape index (κ2) is 8.38. The van der Waals surface area contributed by atoms with E-state index in [0.29, 0.717) is 23.6 Å². The van der Waals surface area contributed by atoms with Gasteiger partial charge in [0.05, 0.1) is 21.3 Å². The van der Waals surface area contributed by atoms with E-state index in [9.17, 15) is 9.59 Å². The van der Waals surface area contributed by atoms with Gasteiger partial charge in [0.2, 0.25) is 23.0 Å². The average molecular weight is 496 g/mol. The molecule has 2 heterocycles. The molecule has 0 radical (unpaired) electrons. The Labute approximate surface area is 205 Å². The number of methoxy groups -OCH3 is 2. The minimum Gasteiger partial charge on any atom is -0.496 e. The number of tetrazole rings is 1. The maximum atomic E-state index is 13.6. The molecule has 180 valence electrons. The van der Waals surface area contributed by atoms with Gasteiger partial charge in [0.1, 0.15) is 22.1 Å². The maximum absolute atomic E-state index is 13.6. The minimum atomic E-state index is -1.73. The number of nitrogens with one attached hydrogen (secondary N) is 1. The van der Waals surface area contributed by atoms with Crippen LogP contribution in [0.15, 0.2) is 42.1 Å². The number of halogens is 1. The van der Waals surface area contributed by atoms with Crippen molar-refractivity contribution in [3.8, 4) is 28.6 Å². The van der Waals surface area contributed by atoms with Gasteiger partial charge in [-0.3, -0.25) is 9.59 Å². The zero-order valence-corrected chi connectivity index (χ0v) is 20.2. The van der Waals surface area contributed by atoms with E-state index in [4.69, 9.17) is 25.8 Å². The predicted octanol–water partition coefficient (Wildman–Crippen LogP) is 3.47. The number of Topliss-reactive ketones (excluding diaryl/α,β-unsaturated/α-hetero) is 1. The van der Waals surface area contributed by atoms with Gasteiger partial charge in [-0.25, -0.2) is 0 Å². The molecule has 0 bridgehead atoms. The fraction of sp³-hybridized carbons (Fsp3) is 0.292. The highest BCUT2D eigenvalue weighted by Gasteiger charge is 2.60. The zero-order valence-electron chi connectivity index (χ0n) is 19.5. The molecule has 0 fully saturated rings. The molecular weight excluding hydrogens is 474 g/mol. The summed E-state index contributed by atoms with van der Waals surface area (Å²) in [4.78, 5) is 28.5. The molecule has 10 nitrogen and oxygen atoms in total. The van der Waals surface area contributed by atoms with Crippen molar-refractivity contribution in [2.45, 2.75) is 18.9 Å². The van der Waals surface area contributed by atoms with Crippen molar-refractivity contribution >= 4 is 28.9 Å². The van der Waals surface area contributed by atoms with E-state index >= 15 is 0 Å². The lowest BCUT2D eigenvalue weighted by Gasteiger charge is -2.35. The van der Waals surface area contributed by atoms with E-state index in [-0.39, 0.29) is 27.8 Å². The summed E-state index contributed by atoms with van der Waals surface area (Å²) in [5.41, 5.74) is 0.475. The third-order valence-electron chi connectivity index (χ3n) is 6.28. The van der Waals surface area contributed by atoms with E-state index in [2.05, 4.69) is 20.7 Å². The van der Waals surface area contributed by atoms with Crippen LogP contribution >= 0.6 is 11.6 Å². The Morgan fingerprint density at radius 3 is 2.60 bits per heavy atom. The fourth-order valence-corrected chi connectivity index (χ4v) is 4.83. The number of allylic oxidation sites excluding steroid dienone is 1. The number of aryl methyl sites for hydroxylation is 1. The summed E-state index contributed by atoms with van der Waals surface area (Å²) in [5.74, 6) is -0.397. The molecular formula is C24H22ClN5O5. The Morgan fingerprint density at radius 2 is 1.94 bits per heavy atom. The molecule has 11 heteroatoms.